The molecule has 1 amide bonds. The standard InChI is InChI=1S/C14H20N2O/c1-11-3-5-13(6-4-11)14(16-12(2)17)7-9-15-10-8-14/h3-6,15H,7-10H2,1-2H3,(H,16,17). The summed E-state index contributed by atoms with van der Waals surface area (Å²) in [7, 11) is 0. The molecule has 1 aliphatic rings. The summed E-state index contributed by atoms with van der Waals surface area (Å²) in [5, 5.41) is 6.49. The summed E-state index contributed by atoms with van der Waals surface area (Å²) < 4.78 is 0. The number of piperidine rings is 1. The Kier molecular flexibility index (Phi) is 3.48. The van der Waals surface area contributed by atoms with Crippen molar-refractivity contribution in [1.82, 2.24) is 10.6 Å². The van der Waals surface area contributed by atoms with Crippen molar-refractivity contribution in [2.75, 3.05) is 13.1 Å². The predicted molar refractivity (Wildman–Crippen MR) is 68.8 cm³/mol. The lowest BCUT2D eigenvalue weighted by molar-refractivity contribution is -0.121. The fourth-order valence-electron chi connectivity index (χ4n) is 2.55. The fraction of sp³-hybridized carbons (Fsp3) is 0.500. The Morgan fingerprint density at radius 3 is 2.35 bits per heavy atom. The average Bonchev–Trinajstić information content (AvgIpc) is 2.30. The molecule has 2 N–H and O–H groups in total. The van der Waals surface area contributed by atoms with Crippen LogP contribution in [0.4, 0.5) is 0 Å². The number of aryl methyl sites for hydroxylation is 1. The van der Waals surface area contributed by atoms with E-state index >= 15 is 0 Å². The molecule has 92 valence electrons. The van der Waals surface area contributed by atoms with E-state index in [1.54, 1.807) is 6.92 Å². The molecule has 1 heterocycles. The van der Waals surface area contributed by atoms with Crippen molar-refractivity contribution in [3.05, 3.63) is 35.4 Å². The summed E-state index contributed by atoms with van der Waals surface area (Å²) in [5.74, 6) is 0.0486. The maximum Gasteiger partial charge on any atom is 0.217 e. The zero-order valence-corrected chi connectivity index (χ0v) is 10.5. The third kappa shape index (κ3) is 2.67. The Labute approximate surface area is 103 Å². The van der Waals surface area contributed by atoms with Gasteiger partial charge in [-0.2, -0.15) is 0 Å². The van der Waals surface area contributed by atoms with Crippen LogP contribution in [-0.2, 0) is 10.3 Å². The van der Waals surface area contributed by atoms with Gasteiger partial charge in [0.1, 0.15) is 0 Å². The average molecular weight is 232 g/mol. The molecule has 0 unspecified atom stereocenters. The first-order valence-corrected chi connectivity index (χ1v) is 6.19. The molecule has 0 saturated carbocycles. The molecule has 1 aromatic carbocycles. The van der Waals surface area contributed by atoms with Crippen LogP contribution in [0.1, 0.15) is 30.9 Å². The number of amides is 1. The molecule has 1 aliphatic heterocycles. The quantitative estimate of drug-likeness (QED) is 0.815. The van der Waals surface area contributed by atoms with Gasteiger partial charge in [0.15, 0.2) is 0 Å². The largest absolute Gasteiger partial charge is 0.347 e. The molecule has 3 heteroatoms. The van der Waals surface area contributed by atoms with E-state index in [2.05, 4.69) is 41.8 Å². The van der Waals surface area contributed by atoms with Crippen molar-refractivity contribution < 1.29 is 4.79 Å². The topological polar surface area (TPSA) is 41.1 Å². The van der Waals surface area contributed by atoms with Gasteiger partial charge < -0.3 is 10.6 Å². The van der Waals surface area contributed by atoms with Crippen LogP contribution in [0, 0.1) is 6.92 Å². The van der Waals surface area contributed by atoms with Gasteiger partial charge in [0.2, 0.25) is 5.91 Å². The number of hydrogen-bond donors (Lipinski definition) is 2. The van der Waals surface area contributed by atoms with E-state index in [-0.39, 0.29) is 11.4 Å². The number of benzene rings is 1. The third-order valence-corrected chi connectivity index (χ3v) is 3.48. The summed E-state index contributed by atoms with van der Waals surface area (Å²) in [6.07, 6.45) is 1.91. The fourth-order valence-corrected chi connectivity index (χ4v) is 2.55. The van der Waals surface area contributed by atoms with Crippen LogP contribution in [0.5, 0.6) is 0 Å². The lowest BCUT2D eigenvalue weighted by Gasteiger charge is -2.38. The molecule has 17 heavy (non-hydrogen) atoms. The van der Waals surface area contributed by atoms with Crippen molar-refractivity contribution in [2.24, 2.45) is 0 Å². The van der Waals surface area contributed by atoms with E-state index in [0.29, 0.717) is 0 Å². The van der Waals surface area contributed by atoms with Gasteiger partial charge in [-0.25, -0.2) is 0 Å². The van der Waals surface area contributed by atoms with Crippen molar-refractivity contribution in [3.63, 3.8) is 0 Å². The molecule has 2 rings (SSSR count). The van der Waals surface area contributed by atoms with E-state index in [9.17, 15) is 4.79 Å². The van der Waals surface area contributed by atoms with Gasteiger partial charge in [-0.05, 0) is 38.4 Å². The Balaban J connectivity index is 2.31. The second-order valence-electron chi connectivity index (χ2n) is 4.88. The van der Waals surface area contributed by atoms with Crippen LogP contribution >= 0.6 is 0 Å². The predicted octanol–water partition coefficient (Wildman–Crippen LogP) is 1.71. The summed E-state index contributed by atoms with van der Waals surface area (Å²) >= 11 is 0. The van der Waals surface area contributed by atoms with Gasteiger partial charge in [0.05, 0.1) is 5.54 Å². The zero-order chi connectivity index (χ0) is 12.3. The molecule has 0 atom stereocenters. The first-order valence-electron chi connectivity index (χ1n) is 6.19. The van der Waals surface area contributed by atoms with Gasteiger partial charge in [-0.1, -0.05) is 29.8 Å². The van der Waals surface area contributed by atoms with Crippen molar-refractivity contribution in [3.8, 4) is 0 Å². The van der Waals surface area contributed by atoms with Crippen LogP contribution in [-0.4, -0.2) is 19.0 Å². The Morgan fingerprint density at radius 2 is 1.82 bits per heavy atom. The number of nitrogens with one attached hydrogen (secondary N) is 2. The summed E-state index contributed by atoms with van der Waals surface area (Å²) in [6.45, 7) is 5.58. The number of hydrogen-bond acceptors (Lipinski definition) is 2. The maximum atomic E-state index is 11.4. The zero-order valence-electron chi connectivity index (χ0n) is 10.5. The highest BCUT2D eigenvalue weighted by Crippen LogP contribution is 2.30. The summed E-state index contributed by atoms with van der Waals surface area (Å²) in [6, 6.07) is 8.50. The van der Waals surface area contributed by atoms with Crippen LogP contribution < -0.4 is 10.6 Å². The van der Waals surface area contributed by atoms with Gasteiger partial charge >= 0.3 is 0 Å². The maximum absolute atomic E-state index is 11.4. The van der Waals surface area contributed by atoms with Gasteiger partial charge in [0.25, 0.3) is 0 Å². The van der Waals surface area contributed by atoms with Crippen LogP contribution in [0.15, 0.2) is 24.3 Å². The molecule has 0 bridgehead atoms. The van der Waals surface area contributed by atoms with Gasteiger partial charge in [0, 0.05) is 6.92 Å². The smallest absolute Gasteiger partial charge is 0.217 e. The molecule has 1 fully saturated rings. The molecule has 0 radical (unpaired) electrons. The van der Waals surface area contributed by atoms with E-state index in [0.717, 1.165) is 25.9 Å². The van der Waals surface area contributed by atoms with E-state index in [1.165, 1.54) is 11.1 Å². The molecule has 3 nitrogen and oxygen atoms in total. The Hall–Kier alpha value is -1.35. The van der Waals surface area contributed by atoms with Crippen LogP contribution in [0.25, 0.3) is 0 Å². The minimum absolute atomic E-state index is 0.0486. The lowest BCUT2D eigenvalue weighted by atomic mass is 9.81. The molecular weight excluding hydrogens is 212 g/mol. The first kappa shape index (κ1) is 12.1. The lowest BCUT2D eigenvalue weighted by Crippen LogP contribution is -2.51. The summed E-state index contributed by atoms with van der Waals surface area (Å²) in [5.41, 5.74) is 2.30. The highest BCUT2D eigenvalue weighted by Gasteiger charge is 2.34. The van der Waals surface area contributed by atoms with Crippen molar-refractivity contribution >= 4 is 5.91 Å². The minimum atomic E-state index is -0.176. The van der Waals surface area contributed by atoms with Crippen molar-refractivity contribution in [2.45, 2.75) is 32.2 Å². The molecule has 0 spiro atoms. The highest BCUT2D eigenvalue weighted by atomic mass is 16.1. The number of carbonyl (C=O) groups is 1. The molecule has 1 saturated heterocycles. The number of rotatable bonds is 2. The molecular formula is C14H20N2O. The second-order valence-corrected chi connectivity index (χ2v) is 4.88. The van der Waals surface area contributed by atoms with Gasteiger partial charge in [-0.15, -0.1) is 0 Å². The Bertz CT molecular complexity index is 391. The second kappa shape index (κ2) is 4.88. The van der Waals surface area contributed by atoms with E-state index < -0.39 is 0 Å². The minimum Gasteiger partial charge on any atom is -0.347 e. The molecule has 1 aromatic rings. The normalized spacial score (nSPS) is 18.7. The first-order chi connectivity index (χ1) is 8.12. The highest BCUT2D eigenvalue weighted by molar-refractivity contribution is 5.74. The van der Waals surface area contributed by atoms with E-state index in [4.69, 9.17) is 0 Å². The van der Waals surface area contributed by atoms with Crippen LogP contribution in [0.3, 0.4) is 0 Å². The Morgan fingerprint density at radius 1 is 1.24 bits per heavy atom. The van der Waals surface area contributed by atoms with Crippen LogP contribution in [0.2, 0.25) is 0 Å². The van der Waals surface area contributed by atoms with E-state index in [1.807, 2.05) is 0 Å². The van der Waals surface area contributed by atoms with Gasteiger partial charge in [-0.3, -0.25) is 4.79 Å². The van der Waals surface area contributed by atoms with Crippen molar-refractivity contribution in [1.29, 1.82) is 0 Å². The SMILES string of the molecule is CC(=O)NC1(c2ccc(C)cc2)CCNCC1. The molecule has 0 aromatic heterocycles. The summed E-state index contributed by atoms with van der Waals surface area (Å²) in [4.78, 5) is 11.4. The monoisotopic (exact) mass is 232 g/mol. The number of carbonyl (C=O) groups excluding carboxylic acids is 1. The molecule has 0 aliphatic carbocycles. The third-order valence-electron chi connectivity index (χ3n) is 3.48.